The highest BCUT2D eigenvalue weighted by Gasteiger charge is 2.35. The monoisotopic (exact) mass is 450 g/mol. The quantitative estimate of drug-likeness (QED) is 0.602. The molecular formula is C25H30N4O4. The molecule has 0 saturated carbocycles. The summed E-state index contributed by atoms with van der Waals surface area (Å²) in [6, 6.07) is 16.3. The molecule has 174 valence electrons. The lowest BCUT2D eigenvalue weighted by Gasteiger charge is -2.26. The van der Waals surface area contributed by atoms with Crippen molar-refractivity contribution in [3.63, 3.8) is 0 Å². The summed E-state index contributed by atoms with van der Waals surface area (Å²) in [4.78, 5) is 42.1. The topological polar surface area (TPSA) is 91.0 Å². The number of amides is 3. The highest BCUT2D eigenvalue weighted by molar-refractivity contribution is 6.07. The normalized spacial score (nSPS) is 18.8. The second-order valence-corrected chi connectivity index (χ2v) is 8.34. The molecule has 0 aliphatic carbocycles. The highest BCUT2D eigenvalue weighted by Crippen LogP contribution is 2.26. The molecule has 2 aliphatic heterocycles. The zero-order chi connectivity index (χ0) is 23.0. The molecule has 0 spiro atoms. The van der Waals surface area contributed by atoms with E-state index < -0.39 is 5.92 Å². The van der Waals surface area contributed by atoms with E-state index in [1.165, 1.54) is 0 Å². The smallest absolute Gasteiger partial charge is 0.253 e. The average Bonchev–Trinajstić information content (AvgIpc) is 3.25. The molecule has 0 unspecified atom stereocenters. The lowest BCUT2D eigenvalue weighted by atomic mass is 10.1. The van der Waals surface area contributed by atoms with Crippen molar-refractivity contribution < 1.29 is 19.1 Å². The number of hydrogen-bond donors (Lipinski definition) is 2. The Labute approximate surface area is 193 Å². The Bertz CT molecular complexity index is 975. The Morgan fingerprint density at radius 3 is 2.52 bits per heavy atom. The van der Waals surface area contributed by atoms with Crippen LogP contribution in [0.2, 0.25) is 0 Å². The Balaban J connectivity index is 1.31. The van der Waals surface area contributed by atoms with Gasteiger partial charge in [0.05, 0.1) is 30.4 Å². The predicted molar refractivity (Wildman–Crippen MR) is 126 cm³/mol. The molecule has 2 aliphatic rings. The highest BCUT2D eigenvalue weighted by atomic mass is 16.5. The average molecular weight is 451 g/mol. The van der Waals surface area contributed by atoms with E-state index in [2.05, 4.69) is 15.5 Å². The first-order valence-electron chi connectivity index (χ1n) is 11.5. The second kappa shape index (κ2) is 11.1. The van der Waals surface area contributed by atoms with Gasteiger partial charge in [-0.2, -0.15) is 0 Å². The molecule has 4 rings (SSSR count). The van der Waals surface area contributed by atoms with Gasteiger partial charge in [0.1, 0.15) is 0 Å². The molecule has 3 amide bonds. The van der Waals surface area contributed by atoms with Crippen LogP contribution in [0.25, 0.3) is 0 Å². The molecule has 1 atom stereocenters. The maximum absolute atomic E-state index is 12.9. The van der Waals surface area contributed by atoms with Crippen molar-refractivity contribution in [3.8, 4) is 0 Å². The molecule has 2 N–H and O–H groups in total. The van der Waals surface area contributed by atoms with Gasteiger partial charge < -0.3 is 20.3 Å². The largest absolute Gasteiger partial charge is 0.379 e. The molecule has 0 bridgehead atoms. The van der Waals surface area contributed by atoms with E-state index >= 15 is 0 Å². The fourth-order valence-corrected chi connectivity index (χ4v) is 4.19. The SMILES string of the molecule is O=C(NCCCN1CCOCC1)c1ccccc1NC(=O)[C@H]1CC(=O)N(c2ccccc2)C1. The van der Waals surface area contributed by atoms with Crippen LogP contribution in [0, 0.1) is 5.92 Å². The van der Waals surface area contributed by atoms with Crippen LogP contribution in [0.3, 0.4) is 0 Å². The van der Waals surface area contributed by atoms with Gasteiger partial charge in [0.25, 0.3) is 5.91 Å². The molecule has 0 aromatic heterocycles. The van der Waals surface area contributed by atoms with E-state index in [0.29, 0.717) is 24.3 Å². The van der Waals surface area contributed by atoms with E-state index in [1.807, 2.05) is 30.3 Å². The molecule has 2 aromatic rings. The maximum Gasteiger partial charge on any atom is 0.253 e. The van der Waals surface area contributed by atoms with Crippen molar-refractivity contribution in [1.29, 1.82) is 0 Å². The summed E-state index contributed by atoms with van der Waals surface area (Å²) in [5.41, 5.74) is 1.66. The number of benzene rings is 2. The Morgan fingerprint density at radius 1 is 1.00 bits per heavy atom. The van der Waals surface area contributed by atoms with Crippen LogP contribution in [0.5, 0.6) is 0 Å². The van der Waals surface area contributed by atoms with Crippen LogP contribution < -0.4 is 15.5 Å². The van der Waals surface area contributed by atoms with Crippen LogP contribution in [-0.2, 0) is 14.3 Å². The Hall–Kier alpha value is -3.23. The van der Waals surface area contributed by atoms with Gasteiger partial charge in [-0.15, -0.1) is 0 Å². The first-order chi connectivity index (χ1) is 16.1. The summed E-state index contributed by atoms with van der Waals surface area (Å²) in [6.45, 7) is 5.16. The van der Waals surface area contributed by atoms with Gasteiger partial charge in [0.2, 0.25) is 11.8 Å². The van der Waals surface area contributed by atoms with Gasteiger partial charge in [-0.1, -0.05) is 30.3 Å². The summed E-state index contributed by atoms with van der Waals surface area (Å²) in [6.07, 6.45) is 0.996. The number of carbonyl (C=O) groups excluding carboxylic acids is 3. The number of carbonyl (C=O) groups is 3. The van der Waals surface area contributed by atoms with Crippen molar-refractivity contribution in [3.05, 3.63) is 60.2 Å². The van der Waals surface area contributed by atoms with Gasteiger partial charge in [0.15, 0.2) is 0 Å². The summed E-state index contributed by atoms with van der Waals surface area (Å²) in [7, 11) is 0. The molecule has 0 radical (unpaired) electrons. The lowest BCUT2D eigenvalue weighted by molar-refractivity contribution is -0.122. The van der Waals surface area contributed by atoms with Crippen LogP contribution >= 0.6 is 0 Å². The first kappa shape index (κ1) is 22.9. The Morgan fingerprint density at radius 2 is 1.73 bits per heavy atom. The molecule has 2 aromatic carbocycles. The van der Waals surface area contributed by atoms with Gasteiger partial charge in [-0.3, -0.25) is 19.3 Å². The number of morpholine rings is 1. The Kier molecular flexibility index (Phi) is 7.70. The van der Waals surface area contributed by atoms with E-state index in [4.69, 9.17) is 4.74 Å². The maximum atomic E-state index is 12.9. The zero-order valence-electron chi connectivity index (χ0n) is 18.7. The number of hydrogen-bond acceptors (Lipinski definition) is 5. The molecule has 8 nitrogen and oxygen atoms in total. The van der Waals surface area contributed by atoms with Crippen LogP contribution in [-0.4, -0.2) is 68.6 Å². The van der Waals surface area contributed by atoms with Gasteiger partial charge in [0, 0.05) is 38.3 Å². The van der Waals surface area contributed by atoms with Crippen molar-refractivity contribution in [1.82, 2.24) is 10.2 Å². The van der Waals surface area contributed by atoms with E-state index in [1.54, 1.807) is 29.2 Å². The third kappa shape index (κ3) is 5.97. The number of para-hydroxylation sites is 2. The third-order valence-corrected chi connectivity index (χ3v) is 6.03. The van der Waals surface area contributed by atoms with Crippen molar-refractivity contribution in [2.45, 2.75) is 12.8 Å². The summed E-state index contributed by atoms with van der Waals surface area (Å²) in [5, 5.41) is 5.81. The minimum Gasteiger partial charge on any atom is -0.379 e. The predicted octanol–water partition coefficient (Wildman–Crippen LogP) is 2.13. The molecule has 2 fully saturated rings. The molecule has 33 heavy (non-hydrogen) atoms. The van der Waals surface area contributed by atoms with Crippen molar-refractivity contribution >= 4 is 29.1 Å². The minimum atomic E-state index is -0.470. The lowest BCUT2D eigenvalue weighted by Crippen LogP contribution is -2.38. The molecule has 2 saturated heterocycles. The number of rotatable bonds is 8. The number of nitrogens with one attached hydrogen (secondary N) is 2. The van der Waals surface area contributed by atoms with Crippen LogP contribution in [0.4, 0.5) is 11.4 Å². The van der Waals surface area contributed by atoms with Crippen molar-refractivity contribution in [2.75, 3.05) is 56.2 Å². The second-order valence-electron chi connectivity index (χ2n) is 8.34. The van der Waals surface area contributed by atoms with E-state index in [-0.39, 0.29) is 24.1 Å². The van der Waals surface area contributed by atoms with Gasteiger partial charge >= 0.3 is 0 Å². The minimum absolute atomic E-state index is 0.0763. The molecular weight excluding hydrogens is 420 g/mol. The zero-order valence-corrected chi connectivity index (χ0v) is 18.7. The molecule has 2 heterocycles. The van der Waals surface area contributed by atoms with Crippen molar-refractivity contribution in [2.24, 2.45) is 5.92 Å². The van der Waals surface area contributed by atoms with Crippen LogP contribution in [0.15, 0.2) is 54.6 Å². The first-order valence-corrected chi connectivity index (χ1v) is 11.5. The number of nitrogens with zero attached hydrogens (tertiary/aromatic N) is 2. The van der Waals surface area contributed by atoms with E-state index in [9.17, 15) is 14.4 Å². The fourth-order valence-electron chi connectivity index (χ4n) is 4.19. The third-order valence-electron chi connectivity index (χ3n) is 6.03. The summed E-state index contributed by atoms with van der Waals surface area (Å²) < 4.78 is 5.35. The summed E-state index contributed by atoms with van der Waals surface area (Å²) >= 11 is 0. The standard InChI is InChI=1S/C25H30N4O4/c30-23-17-19(18-29(23)20-7-2-1-3-8-20)24(31)27-22-10-5-4-9-21(22)25(32)26-11-6-12-28-13-15-33-16-14-28/h1-5,7-10,19H,6,11-18H2,(H,26,32)(H,27,31)/t19-/m0/s1. The molecule has 8 heteroatoms. The van der Waals surface area contributed by atoms with Gasteiger partial charge in [-0.25, -0.2) is 0 Å². The fraction of sp³-hybridized carbons (Fsp3) is 0.400. The number of anilines is 2. The van der Waals surface area contributed by atoms with Gasteiger partial charge in [-0.05, 0) is 37.2 Å². The van der Waals surface area contributed by atoms with E-state index in [0.717, 1.165) is 45.0 Å². The summed E-state index contributed by atoms with van der Waals surface area (Å²) in [5.74, 6) is -1.02. The number of ether oxygens (including phenoxy) is 1. The van der Waals surface area contributed by atoms with Crippen LogP contribution in [0.1, 0.15) is 23.2 Å².